The van der Waals surface area contributed by atoms with E-state index in [-0.39, 0.29) is 5.91 Å². The molecule has 2 fully saturated rings. The first-order valence-corrected chi connectivity index (χ1v) is 7.83. The Kier molecular flexibility index (Phi) is 3.00. The smallest absolute Gasteiger partial charge is 0.240 e. The van der Waals surface area contributed by atoms with E-state index in [0.717, 1.165) is 30.0 Å². The van der Waals surface area contributed by atoms with Crippen LogP contribution in [0, 0.1) is 5.92 Å². The van der Waals surface area contributed by atoms with Crippen molar-refractivity contribution >= 4 is 16.8 Å². The highest BCUT2D eigenvalue weighted by atomic mass is 16.2. The lowest BCUT2D eigenvalue weighted by Gasteiger charge is -2.29. The van der Waals surface area contributed by atoms with Crippen LogP contribution in [0.2, 0.25) is 0 Å². The third-order valence-electron chi connectivity index (χ3n) is 5.12. The summed E-state index contributed by atoms with van der Waals surface area (Å²) in [6.45, 7) is 0.922. The Bertz CT molecular complexity index is 677. The molecule has 21 heavy (non-hydrogen) atoms. The highest BCUT2D eigenvalue weighted by Crippen LogP contribution is 2.37. The number of aromatic nitrogens is 1. The molecule has 110 valence electrons. The number of nitrogens with zero attached hydrogens (tertiary/aromatic N) is 1. The molecule has 1 aliphatic heterocycles. The van der Waals surface area contributed by atoms with Gasteiger partial charge in [-0.3, -0.25) is 4.79 Å². The minimum absolute atomic E-state index is 0.132. The topological polar surface area (TPSA) is 62.1 Å². The van der Waals surface area contributed by atoms with Crippen LogP contribution in [0.15, 0.2) is 30.5 Å². The van der Waals surface area contributed by atoms with Crippen molar-refractivity contribution in [3.8, 4) is 0 Å². The zero-order valence-electron chi connectivity index (χ0n) is 12.1. The number of nitrogens with one attached hydrogen (secondary N) is 1. The van der Waals surface area contributed by atoms with E-state index in [1.54, 1.807) is 0 Å². The van der Waals surface area contributed by atoms with E-state index < -0.39 is 6.04 Å². The van der Waals surface area contributed by atoms with Crippen LogP contribution in [0.1, 0.15) is 24.8 Å². The van der Waals surface area contributed by atoms with Crippen LogP contribution in [0.5, 0.6) is 0 Å². The molecule has 2 unspecified atom stereocenters. The number of carbonyl (C=O) groups excluding carboxylic acids is 1. The van der Waals surface area contributed by atoms with Gasteiger partial charge in [-0.15, -0.1) is 0 Å². The van der Waals surface area contributed by atoms with Gasteiger partial charge in [0.25, 0.3) is 0 Å². The highest BCUT2D eigenvalue weighted by molar-refractivity contribution is 5.86. The summed E-state index contributed by atoms with van der Waals surface area (Å²) < 4.78 is 0. The molecule has 3 atom stereocenters. The van der Waals surface area contributed by atoms with Crippen LogP contribution in [0.3, 0.4) is 0 Å². The number of rotatable bonds is 3. The largest absolute Gasteiger partial charge is 0.361 e. The molecular formula is C17H21N3O. The lowest BCUT2D eigenvalue weighted by molar-refractivity contribution is -0.134. The van der Waals surface area contributed by atoms with Crippen molar-refractivity contribution in [2.24, 2.45) is 11.7 Å². The lowest BCUT2D eigenvalue weighted by atomic mass is 10.0. The van der Waals surface area contributed by atoms with Crippen molar-refractivity contribution in [1.29, 1.82) is 0 Å². The van der Waals surface area contributed by atoms with Crippen LogP contribution in [-0.4, -0.2) is 34.4 Å². The third-order valence-corrected chi connectivity index (χ3v) is 5.12. The summed E-state index contributed by atoms with van der Waals surface area (Å²) in [7, 11) is 0. The van der Waals surface area contributed by atoms with Gasteiger partial charge in [-0.05, 0) is 43.2 Å². The SMILES string of the molecule is N[C@H](Cc1c[nH]c2ccccc12)C(=O)N1CC2CCC1C2. The Hall–Kier alpha value is -1.81. The van der Waals surface area contributed by atoms with Crippen LogP contribution in [0.4, 0.5) is 0 Å². The van der Waals surface area contributed by atoms with Gasteiger partial charge in [0.2, 0.25) is 5.91 Å². The Morgan fingerprint density at radius 3 is 3.00 bits per heavy atom. The maximum atomic E-state index is 12.6. The monoisotopic (exact) mass is 283 g/mol. The molecule has 1 saturated carbocycles. The average Bonchev–Trinajstić information content (AvgIpc) is 3.22. The molecule has 0 spiro atoms. The van der Waals surface area contributed by atoms with E-state index in [2.05, 4.69) is 11.1 Å². The third kappa shape index (κ3) is 2.14. The molecule has 2 aromatic rings. The zero-order chi connectivity index (χ0) is 14.4. The molecule has 1 aromatic carbocycles. The number of amides is 1. The van der Waals surface area contributed by atoms with E-state index in [9.17, 15) is 4.79 Å². The standard InChI is InChI=1S/C17H21N3O/c18-15(17(21)20-10-11-5-6-13(20)7-11)8-12-9-19-16-4-2-1-3-14(12)16/h1-4,9,11,13,15,19H,5-8,10,18H2/t11?,13?,15-/m1/s1. The summed E-state index contributed by atoms with van der Waals surface area (Å²) in [5, 5.41) is 1.17. The first-order valence-electron chi connectivity index (χ1n) is 7.83. The zero-order valence-corrected chi connectivity index (χ0v) is 12.1. The van der Waals surface area contributed by atoms with E-state index in [1.807, 2.05) is 29.3 Å². The summed E-state index contributed by atoms with van der Waals surface area (Å²) in [5.74, 6) is 0.853. The van der Waals surface area contributed by atoms with Crippen molar-refractivity contribution in [3.05, 3.63) is 36.0 Å². The second-order valence-corrected chi connectivity index (χ2v) is 6.49. The van der Waals surface area contributed by atoms with Gasteiger partial charge in [0.05, 0.1) is 6.04 Å². The summed E-state index contributed by atoms with van der Waals surface area (Å²) in [6, 6.07) is 8.18. The molecule has 3 N–H and O–H groups in total. The number of likely N-dealkylation sites (tertiary alicyclic amines) is 1. The first-order chi connectivity index (χ1) is 10.2. The van der Waals surface area contributed by atoms with Crippen LogP contribution in [0.25, 0.3) is 10.9 Å². The molecule has 1 aromatic heterocycles. The Morgan fingerprint density at radius 1 is 1.38 bits per heavy atom. The highest BCUT2D eigenvalue weighted by Gasteiger charge is 2.41. The van der Waals surface area contributed by atoms with E-state index in [1.165, 1.54) is 18.2 Å². The summed E-state index contributed by atoms with van der Waals surface area (Å²) in [6.07, 6.45) is 6.22. The molecule has 2 heterocycles. The predicted octanol–water partition coefficient (Wildman–Crippen LogP) is 2.05. The predicted molar refractivity (Wildman–Crippen MR) is 82.8 cm³/mol. The maximum Gasteiger partial charge on any atom is 0.240 e. The number of fused-ring (bicyclic) bond motifs is 3. The normalized spacial score (nSPS) is 25.7. The number of benzene rings is 1. The minimum Gasteiger partial charge on any atom is -0.361 e. The number of piperidine rings is 1. The Labute approximate surface area is 124 Å². The van der Waals surface area contributed by atoms with Gasteiger partial charge in [-0.1, -0.05) is 18.2 Å². The molecule has 2 aliphatic rings. The maximum absolute atomic E-state index is 12.6. The van der Waals surface area contributed by atoms with Gasteiger partial charge in [-0.2, -0.15) is 0 Å². The number of para-hydroxylation sites is 1. The fraction of sp³-hybridized carbons (Fsp3) is 0.471. The van der Waals surface area contributed by atoms with Gasteiger partial charge < -0.3 is 15.6 Å². The van der Waals surface area contributed by atoms with Gasteiger partial charge in [0, 0.05) is 29.7 Å². The molecule has 1 amide bonds. The van der Waals surface area contributed by atoms with Crippen LogP contribution in [-0.2, 0) is 11.2 Å². The van der Waals surface area contributed by atoms with E-state index >= 15 is 0 Å². The molecule has 1 aliphatic carbocycles. The van der Waals surface area contributed by atoms with Gasteiger partial charge in [0.15, 0.2) is 0 Å². The molecule has 4 nitrogen and oxygen atoms in total. The number of hydrogen-bond acceptors (Lipinski definition) is 2. The van der Waals surface area contributed by atoms with Crippen molar-refractivity contribution in [1.82, 2.24) is 9.88 Å². The summed E-state index contributed by atoms with van der Waals surface area (Å²) >= 11 is 0. The summed E-state index contributed by atoms with van der Waals surface area (Å²) in [4.78, 5) is 17.9. The molecule has 0 radical (unpaired) electrons. The molecule has 4 heteroatoms. The molecule has 1 saturated heterocycles. The fourth-order valence-electron chi connectivity index (χ4n) is 4.03. The van der Waals surface area contributed by atoms with Crippen molar-refractivity contribution in [3.63, 3.8) is 0 Å². The number of H-pyrrole nitrogens is 1. The van der Waals surface area contributed by atoms with Gasteiger partial charge >= 0.3 is 0 Å². The second kappa shape index (κ2) is 4.88. The number of nitrogens with two attached hydrogens (primary N) is 1. The van der Waals surface area contributed by atoms with E-state index in [0.29, 0.717) is 12.5 Å². The van der Waals surface area contributed by atoms with Crippen molar-refractivity contribution < 1.29 is 4.79 Å². The van der Waals surface area contributed by atoms with Crippen LogP contribution >= 0.6 is 0 Å². The number of aromatic amines is 1. The van der Waals surface area contributed by atoms with E-state index in [4.69, 9.17) is 5.73 Å². The lowest BCUT2D eigenvalue weighted by Crippen LogP contribution is -2.48. The van der Waals surface area contributed by atoms with Crippen molar-refractivity contribution in [2.75, 3.05) is 6.54 Å². The molecule has 2 bridgehead atoms. The molecule has 4 rings (SSSR count). The second-order valence-electron chi connectivity index (χ2n) is 6.49. The van der Waals surface area contributed by atoms with Crippen molar-refractivity contribution in [2.45, 2.75) is 37.8 Å². The Balaban J connectivity index is 1.50. The molecular weight excluding hydrogens is 262 g/mol. The van der Waals surface area contributed by atoms with Crippen LogP contribution < -0.4 is 5.73 Å². The Morgan fingerprint density at radius 2 is 2.24 bits per heavy atom. The summed E-state index contributed by atoms with van der Waals surface area (Å²) in [5.41, 5.74) is 8.45. The van der Waals surface area contributed by atoms with Gasteiger partial charge in [-0.25, -0.2) is 0 Å². The number of carbonyl (C=O) groups is 1. The minimum atomic E-state index is -0.427. The van der Waals surface area contributed by atoms with Gasteiger partial charge in [0.1, 0.15) is 0 Å². The first kappa shape index (κ1) is 12.9. The number of hydrogen-bond donors (Lipinski definition) is 2. The fourth-order valence-corrected chi connectivity index (χ4v) is 4.03. The average molecular weight is 283 g/mol. The quantitative estimate of drug-likeness (QED) is 0.905.